The quantitative estimate of drug-likeness (QED) is 0.614. The van der Waals surface area contributed by atoms with E-state index in [0.717, 1.165) is 18.8 Å². The molecule has 1 amide bonds. The Balaban J connectivity index is 1.59. The number of nitrogens with zero attached hydrogens (tertiary/aromatic N) is 3. The lowest BCUT2D eigenvalue weighted by Gasteiger charge is -2.26. The average Bonchev–Trinajstić information content (AvgIpc) is 3.04. The van der Waals surface area contributed by atoms with Gasteiger partial charge >= 0.3 is 6.09 Å². The van der Waals surface area contributed by atoms with Crippen molar-refractivity contribution in [2.24, 2.45) is 11.8 Å². The minimum Gasteiger partial charge on any atom is -0.444 e. The third kappa shape index (κ3) is 3.44. The molecule has 0 spiro atoms. The zero-order chi connectivity index (χ0) is 17.5. The van der Waals surface area contributed by atoms with Crippen LogP contribution >= 0.6 is 0 Å². The van der Waals surface area contributed by atoms with Crippen LogP contribution in [0.15, 0.2) is 24.3 Å². The van der Waals surface area contributed by atoms with Crippen LogP contribution in [0, 0.1) is 22.0 Å². The molecule has 24 heavy (non-hydrogen) atoms. The monoisotopic (exact) mass is 333 g/mol. The van der Waals surface area contributed by atoms with E-state index in [9.17, 15) is 14.9 Å². The van der Waals surface area contributed by atoms with Crippen LogP contribution in [0.1, 0.15) is 20.8 Å². The highest BCUT2D eigenvalue weighted by Gasteiger charge is 2.42. The Morgan fingerprint density at radius 2 is 1.67 bits per heavy atom. The first-order valence-electron chi connectivity index (χ1n) is 8.20. The van der Waals surface area contributed by atoms with Gasteiger partial charge in [-0.15, -0.1) is 0 Å². The van der Waals surface area contributed by atoms with Crippen molar-refractivity contribution in [1.82, 2.24) is 4.90 Å². The number of hydrogen-bond acceptors (Lipinski definition) is 5. The molecule has 2 saturated heterocycles. The number of hydrogen-bond donors (Lipinski definition) is 0. The summed E-state index contributed by atoms with van der Waals surface area (Å²) in [6.45, 7) is 8.77. The Bertz CT molecular complexity index is 624. The molecule has 0 aliphatic carbocycles. The summed E-state index contributed by atoms with van der Waals surface area (Å²) in [5.41, 5.74) is 0.632. The van der Waals surface area contributed by atoms with Crippen LogP contribution in [0.5, 0.6) is 0 Å². The number of benzene rings is 1. The fourth-order valence-corrected chi connectivity index (χ4v) is 3.46. The summed E-state index contributed by atoms with van der Waals surface area (Å²) in [6.07, 6.45) is -0.237. The van der Waals surface area contributed by atoms with Gasteiger partial charge < -0.3 is 14.5 Å². The lowest BCUT2D eigenvalue weighted by molar-refractivity contribution is -0.384. The van der Waals surface area contributed by atoms with Crippen molar-refractivity contribution in [3.05, 3.63) is 34.4 Å². The number of ether oxygens (including phenoxy) is 1. The molecular weight excluding hydrogens is 310 g/mol. The van der Waals surface area contributed by atoms with Crippen molar-refractivity contribution in [3.63, 3.8) is 0 Å². The third-order valence-electron chi connectivity index (χ3n) is 4.56. The highest BCUT2D eigenvalue weighted by Crippen LogP contribution is 2.35. The molecule has 1 aromatic rings. The Hall–Kier alpha value is -2.31. The summed E-state index contributed by atoms with van der Waals surface area (Å²) >= 11 is 0. The molecule has 3 rings (SSSR count). The van der Waals surface area contributed by atoms with E-state index in [1.54, 1.807) is 17.0 Å². The summed E-state index contributed by atoms with van der Waals surface area (Å²) in [4.78, 5) is 26.6. The topological polar surface area (TPSA) is 75.9 Å². The lowest BCUT2D eigenvalue weighted by atomic mass is 10.0. The maximum atomic E-state index is 12.2. The maximum Gasteiger partial charge on any atom is 0.410 e. The highest BCUT2D eigenvalue weighted by atomic mass is 16.6. The van der Waals surface area contributed by atoms with Crippen LogP contribution in [-0.2, 0) is 4.74 Å². The molecule has 0 aromatic heterocycles. The molecular formula is C17H23N3O4. The summed E-state index contributed by atoms with van der Waals surface area (Å²) in [7, 11) is 0. The minimum atomic E-state index is -0.473. The van der Waals surface area contributed by atoms with E-state index >= 15 is 0 Å². The van der Waals surface area contributed by atoms with Gasteiger partial charge in [-0.3, -0.25) is 10.1 Å². The maximum absolute atomic E-state index is 12.2. The molecule has 0 radical (unpaired) electrons. The van der Waals surface area contributed by atoms with Crippen molar-refractivity contribution in [2.75, 3.05) is 31.1 Å². The van der Waals surface area contributed by atoms with E-state index in [1.165, 1.54) is 12.1 Å². The van der Waals surface area contributed by atoms with Crippen LogP contribution in [0.4, 0.5) is 16.2 Å². The molecule has 2 atom stereocenters. The summed E-state index contributed by atoms with van der Waals surface area (Å²) in [5, 5.41) is 10.7. The first kappa shape index (κ1) is 16.5. The number of carbonyl (C=O) groups excluding carboxylic acids is 1. The van der Waals surface area contributed by atoms with Crippen molar-refractivity contribution in [1.29, 1.82) is 0 Å². The molecule has 0 N–H and O–H groups in total. The zero-order valence-electron chi connectivity index (χ0n) is 14.3. The van der Waals surface area contributed by atoms with E-state index in [-0.39, 0.29) is 16.7 Å². The van der Waals surface area contributed by atoms with Crippen molar-refractivity contribution in [3.8, 4) is 0 Å². The van der Waals surface area contributed by atoms with Crippen LogP contribution in [0.25, 0.3) is 0 Å². The number of likely N-dealkylation sites (tertiary alicyclic amines) is 1. The Kier molecular flexibility index (Phi) is 4.11. The largest absolute Gasteiger partial charge is 0.444 e. The molecule has 2 unspecified atom stereocenters. The van der Waals surface area contributed by atoms with Gasteiger partial charge in [-0.05, 0) is 32.9 Å². The van der Waals surface area contributed by atoms with E-state index in [4.69, 9.17) is 4.74 Å². The van der Waals surface area contributed by atoms with Gasteiger partial charge in [-0.1, -0.05) is 0 Å². The number of anilines is 1. The van der Waals surface area contributed by atoms with Crippen LogP contribution in [0.3, 0.4) is 0 Å². The van der Waals surface area contributed by atoms with Gasteiger partial charge in [0, 0.05) is 55.8 Å². The fraction of sp³-hybridized carbons (Fsp3) is 0.588. The number of fused-ring (bicyclic) bond motifs is 1. The van der Waals surface area contributed by atoms with Gasteiger partial charge in [-0.25, -0.2) is 4.79 Å². The molecule has 0 saturated carbocycles. The molecule has 7 heteroatoms. The zero-order valence-corrected chi connectivity index (χ0v) is 14.3. The molecule has 2 aliphatic heterocycles. The van der Waals surface area contributed by atoms with Gasteiger partial charge in [-0.2, -0.15) is 0 Å². The predicted molar refractivity (Wildman–Crippen MR) is 90.1 cm³/mol. The number of amides is 1. The Morgan fingerprint density at radius 3 is 2.12 bits per heavy atom. The standard InChI is InChI=1S/C17H23N3O4/c1-17(2,3)24-16(21)19-10-12-8-18(9-13(12)11-19)14-4-6-15(7-5-14)20(22)23/h4-7,12-13H,8-11H2,1-3H3. The van der Waals surface area contributed by atoms with Crippen LogP contribution in [-0.4, -0.2) is 47.7 Å². The highest BCUT2D eigenvalue weighted by molar-refractivity contribution is 5.68. The summed E-state index contributed by atoms with van der Waals surface area (Å²) in [6, 6.07) is 6.67. The first-order chi connectivity index (χ1) is 11.2. The second kappa shape index (κ2) is 5.96. The van der Waals surface area contributed by atoms with Gasteiger partial charge in [0.1, 0.15) is 5.60 Å². The van der Waals surface area contributed by atoms with E-state index in [1.807, 2.05) is 20.8 Å². The number of nitro groups is 1. The Labute approximate surface area is 141 Å². The van der Waals surface area contributed by atoms with Crippen molar-refractivity contribution in [2.45, 2.75) is 26.4 Å². The second-order valence-electron chi connectivity index (χ2n) is 7.58. The number of nitro benzene ring substituents is 1. The van der Waals surface area contributed by atoms with Crippen molar-refractivity contribution < 1.29 is 14.5 Å². The third-order valence-corrected chi connectivity index (χ3v) is 4.56. The predicted octanol–water partition coefficient (Wildman–Crippen LogP) is 2.90. The average molecular weight is 333 g/mol. The molecule has 2 aliphatic rings. The number of non-ortho nitro benzene ring substituents is 1. The summed E-state index contributed by atoms with van der Waals surface area (Å²) in [5.74, 6) is 0.848. The number of carbonyl (C=O) groups is 1. The van der Waals surface area contributed by atoms with E-state index in [2.05, 4.69) is 4.90 Å². The smallest absolute Gasteiger partial charge is 0.410 e. The van der Waals surface area contributed by atoms with Crippen LogP contribution in [0.2, 0.25) is 0 Å². The minimum absolute atomic E-state index is 0.106. The Morgan fingerprint density at radius 1 is 1.12 bits per heavy atom. The molecule has 2 heterocycles. The second-order valence-corrected chi connectivity index (χ2v) is 7.58. The van der Waals surface area contributed by atoms with Gasteiger partial charge in [0.2, 0.25) is 0 Å². The number of rotatable bonds is 2. The first-order valence-corrected chi connectivity index (χ1v) is 8.20. The normalized spacial score (nSPS) is 23.3. The van der Waals surface area contributed by atoms with E-state index in [0.29, 0.717) is 24.9 Å². The molecule has 7 nitrogen and oxygen atoms in total. The van der Waals surface area contributed by atoms with E-state index < -0.39 is 5.60 Å². The molecule has 2 fully saturated rings. The summed E-state index contributed by atoms with van der Waals surface area (Å²) < 4.78 is 5.44. The SMILES string of the molecule is CC(C)(C)OC(=O)N1CC2CN(c3ccc([N+](=O)[O-])cc3)CC2C1. The fourth-order valence-electron chi connectivity index (χ4n) is 3.46. The van der Waals surface area contributed by atoms with Gasteiger partial charge in [0.15, 0.2) is 0 Å². The van der Waals surface area contributed by atoms with Gasteiger partial charge in [0.05, 0.1) is 4.92 Å². The molecule has 130 valence electrons. The lowest BCUT2D eigenvalue weighted by Crippen LogP contribution is -2.37. The van der Waals surface area contributed by atoms with Gasteiger partial charge in [0.25, 0.3) is 5.69 Å². The molecule has 0 bridgehead atoms. The van der Waals surface area contributed by atoms with Crippen LogP contribution < -0.4 is 4.90 Å². The van der Waals surface area contributed by atoms with Crippen molar-refractivity contribution >= 4 is 17.5 Å². The molecule has 1 aromatic carbocycles.